The lowest BCUT2D eigenvalue weighted by Crippen LogP contribution is -2.30. The van der Waals surface area contributed by atoms with E-state index in [1.807, 2.05) is 66.6 Å². The summed E-state index contributed by atoms with van der Waals surface area (Å²) in [6.07, 6.45) is 7.94. The fourth-order valence-electron chi connectivity index (χ4n) is 5.01. The van der Waals surface area contributed by atoms with E-state index in [4.69, 9.17) is 19.7 Å². The van der Waals surface area contributed by atoms with Crippen molar-refractivity contribution in [2.45, 2.75) is 35.8 Å². The predicted molar refractivity (Wildman–Crippen MR) is 168 cm³/mol. The summed E-state index contributed by atoms with van der Waals surface area (Å²) < 4.78 is 6.38. The zero-order chi connectivity index (χ0) is 27.7. The van der Waals surface area contributed by atoms with Gasteiger partial charge in [-0.3, -0.25) is 4.98 Å². The van der Waals surface area contributed by atoms with E-state index in [2.05, 4.69) is 58.5 Å². The van der Waals surface area contributed by atoms with Gasteiger partial charge in [-0.25, -0.2) is 9.97 Å². The first kappa shape index (κ1) is 27.4. The average molecular weight is 580 g/mol. The van der Waals surface area contributed by atoms with Crippen molar-refractivity contribution in [2.24, 2.45) is 5.92 Å². The van der Waals surface area contributed by atoms with Crippen LogP contribution in [0.15, 0.2) is 108 Å². The lowest BCUT2D eigenvalue weighted by Gasteiger charge is -2.30. The Morgan fingerprint density at radius 3 is 2.49 bits per heavy atom. The second kappa shape index (κ2) is 13.8. The van der Waals surface area contributed by atoms with E-state index in [1.54, 1.807) is 11.3 Å². The number of piperidine rings is 1. The molecule has 1 aliphatic rings. The SMILES string of the molecule is c1ccc(CCc2csc(Nc3ncc(SC(c4ccccn4)C4CCNCC4)cc3Oc3ccccc3)n2)cc1. The molecular weight excluding hydrogens is 547 g/mol. The molecule has 2 aromatic carbocycles. The van der Waals surface area contributed by atoms with Crippen LogP contribution in [0.1, 0.15) is 35.0 Å². The molecule has 5 aromatic rings. The number of thioether (sulfide) groups is 1. The Morgan fingerprint density at radius 2 is 1.71 bits per heavy atom. The van der Waals surface area contributed by atoms with Gasteiger partial charge < -0.3 is 15.4 Å². The van der Waals surface area contributed by atoms with E-state index >= 15 is 0 Å². The lowest BCUT2D eigenvalue weighted by molar-refractivity contribution is 0.364. The van der Waals surface area contributed by atoms with Gasteiger partial charge in [0.15, 0.2) is 16.7 Å². The van der Waals surface area contributed by atoms with Gasteiger partial charge in [0.1, 0.15) is 5.75 Å². The normalized spacial score (nSPS) is 14.4. The third-order valence-electron chi connectivity index (χ3n) is 7.14. The number of hydrogen-bond donors (Lipinski definition) is 2. The number of aromatic nitrogens is 3. The topological polar surface area (TPSA) is 72.0 Å². The summed E-state index contributed by atoms with van der Waals surface area (Å²) in [6.45, 7) is 2.08. The molecule has 1 unspecified atom stereocenters. The molecule has 8 heteroatoms. The predicted octanol–water partition coefficient (Wildman–Crippen LogP) is 8.09. The lowest BCUT2D eigenvalue weighted by atomic mass is 9.92. The summed E-state index contributed by atoms with van der Waals surface area (Å²) in [7, 11) is 0. The number of aryl methyl sites for hydroxylation is 2. The number of thiazole rings is 1. The molecule has 6 rings (SSSR count). The van der Waals surface area contributed by atoms with Crippen LogP contribution >= 0.6 is 23.1 Å². The quantitative estimate of drug-likeness (QED) is 0.153. The molecule has 0 spiro atoms. The van der Waals surface area contributed by atoms with Gasteiger partial charge in [-0.05, 0) is 80.6 Å². The maximum atomic E-state index is 6.38. The maximum Gasteiger partial charge on any atom is 0.188 e. The average Bonchev–Trinajstić information content (AvgIpc) is 3.49. The highest BCUT2D eigenvalue weighted by molar-refractivity contribution is 7.99. The van der Waals surface area contributed by atoms with Crippen molar-refractivity contribution in [1.82, 2.24) is 20.3 Å². The molecule has 208 valence electrons. The number of nitrogens with one attached hydrogen (secondary N) is 2. The fraction of sp³-hybridized carbons (Fsp3) is 0.242. The number of pyridine rings is 2. The van der Waals surface area contributed by atoms with Gasteiger partial charge in [0.2, 0.25) is 0 Å². The van der Waals surface area contributed by atoms with Crippen LogP contribution in [0.3, 0.4) is 0 Å². The van der Waals surface area contributed by atoms with Crippen LogP contribution in [0.5, 0.6) is 11.5 Å². The number of benzene rings is 2. The Hall–Kier alpha value is -3.72. The van der Waals surface area contributed by atoms with E-state index in [9.17, 15) is 0 Å². The Labute approximate surface area is 249 Å². The zero-order valence-electron chi connectivity index (χ0n) is 22.8. The van der Waals surface area contributed by atoms with Crippen LogP contribution in [0.2, 0.25) is 0 Å². The molecule has 1 atom stereocenters. The molecule has 1 aliphatic heterocycles. The minimum atomic E-state index is 0.245. The van der Waals surface area contributed by atoms with Gasteiger partial charge >= 0.3 is 0 Å². The first-order valence-electron chi connectivity index (χ1n) is 14.1. The maximum absolute atomic E-state index is 6.38. The third kappa shape index (κ3) is 7.52. The molecule has 4 heterocycles. The summed E-state index contributed by atoms with van der Waals surface area (Å²) in [5.74, 6) is 2.63. The summed E-state index contributed by atoms with van der Waals surface area (Å²) in [5.41, 5.74) is 3.50. The number of anilines is 2. The molecule has 2 N–H and O–H groups in total. The molecule has 6 nitrogen and oxygen atoms in total. The minimum Gasteiger partial charge on any atom is -0.453 e. The molecule has 0 aliphatic carbocycles. The van der Waals surface area contributed by atoms with Crippen molar-refractivity contribution in [1.29, 1.82) is 0 Å². The van der Waals surface area contributed by atoms with Crippen LogP contribution in [0, 0.1) is 5.92 Å². The van der Waals surface area contributed by atoms with Gasteiger partial charge in [-0.2, -0.15) is 0 Å². The molecule has 1 fully saturated rings. The van der Waals surface area contributed by atoms with Crippen LogP contribution in [0.4, 0.5) is 10.9 Å². The Kier molecular flexibility index (Phi) is 9.21. The van der Waals surface area contributed by atoms with E-state index < -0.39 is 0 Å². The first-order chi connectivity index (χ1) is 20.3. The van der Waals surface area contributed by atoms with E-state index in [0.29, 0.717) is 17.5 Å². The van der Waals surface area contributed by atoms with Crippen LogP contribution in [-0.2, 0) is 12.8 Å². The standard InChI is InChI=1S/C33H33N5OS2/c1-3-9-24(10-4-1)14-15-26-23-40-33(37-26)38-32-30(39-27-11-5-2-6-12-27)21-28(22-36-32)41-31(25-16-19-34-20-17-25)29-13-7-8-18-35-29/h1-13,18,21-23,25,31,34H,14-17,19-20H2,(H,36,37,38). The van der Waals surface area contributed by atoms with Crippen LogP contribution in [0.25, 0.3) is 0 Å². The summed E-state index contributed by atoms with van der Waals surface area (Å²) in [4.78, 5) is 15.5. The molecule has 0 amide bonds. The highest BCUT2D eigenvalue weighted by Crippen LogP contribution is 2.45. The van der Waals surface area contributed by atoms with Crippen LogP contribution < -0.4 is 15.4 Å². The molecule has 0 radical (unpaired) electrons. The van der Waals surface area contributed by atoms with Crippen LogP contribution in [-0.4, -0.2) is 28.0 Å². The highest BCUT2D eigenvalue weighted by Gasteiger charge is 2.27. The van der Waals surface area contributed by atoms with Crippen molar-refractivity contribution in [3.05, 3.63) is 120 Å². The van der Waals surface area contributed by atoms with E-state index in [-0.39, 0.29) is 5.25 Å². The van der Waals surface area contributed by atoms with Gasteiger partial charge in [0, 0.05) is 22.7 Å². The smallest absolute Gasteiger partial charge is 0.188 e. The minimum absolute atomic E-state index is 0.245. The highest BCUT2D eigenvalue weighted by atomic mass is 32.2. The van der Waals surface area contributed by atoms with Gasteiger partial charge in [0.25, 0.3) is 0 Å². The molecule has 3 aromatic heterocycles. The number of hydrogen-bond acceptors (Lipinski definition) is 8. The second-order valence-electron chi connectivity index (χ2n) is 10.1. The van der Waals surface area contributed by atoms with E-state index in [0.717, 1.165) is 65.9 Å². The van der Waals surface area contributed by atoms with Crippen molar-refractivity contribution < 1.29 is 4.74 Å². The Bertz CT molecular complexity index is 1510. The van der Waals surface area contributed by atoms with Crippen molar-refractivity contribution >= 4 is 34.0 Å². The first-order valence-corrected chi connectivity index (χ1v) is 15.8. The van der Waals surface area contributed by atoms with Gasteiger partial charge in [0.05, 0.1) is 16.6 Å². The van der Waals surface area contributed by atoms with Gasteiger partial charge in [-0.15, -0.1) is 23.1 Å². The number of para-hydroxylation sites is 1. The Balaban J connectivity index is 1.23. The van der Waals surface area contributed by atoms with E-state index in [1.165, 1.54) is 5.56 Å². The largest absolute Gasteiger partial charge is 0.453 e. The molecule has 0 saturated carbocycles. The summed E-state index contributed by atoms with van der Waals surface area (Å²) in [5, 5.41) is 10.1. The Morgan fingerprint density at radius 1 is 0.927 bits per heavy atom. The molecular formula is C33H33N5OS2. The molecule has 41 heavy (non-hydrogen) atoms. The molecule has 0 bridgehead atoms. The number of nitrogens with zero attached hydrogens (tertiary/aromatic N) is 3. The third-order valence-corrected chi connectivity index (χ3v) is 9.32. The number of ether oxygens (including phenoxy) is 1. The summed E-state index contributed by atoms with van der Waals surface area (Å²) >= 11 is 3.41. The van der Waals surface area contributed by atoms with Crippen molar-refractivity contribution in [2.75, 3.05) is 18.4 Å². The van der Waals surface area contributed by atoms with Crippen molar-refractivity contribution in [3.8, 4) is 11.5 Å². The van der Waals surface area contributed by atoms with Crippen molar-refractivity contribution in [3.63, 3.8) is 0 Å². The monoisotopic (exact) mass is 579 g/mol. The zero-order valence-corrected chi connectivity index (χ0v) is 24.4. The fourth-order valence-corrected chi connectivity index (χ4v) is 7.06. The van der Waals surface area contributed by atoms with Gasteiger partial charge in [-0.1, -0.05) is 54.6 Å². The summed E-state index contributed by atoms with van der Waals surface area (Å²) in [6, 6.07) is 28.7. The second-order valence-corrected chi connectivity index (χ2v) is 12.1. The number of rotatable bonds is 11. The molecule has 1 saturated heterocycles.